The minimum absolute atomic E-state index is 0.0301. The number of hydrogen-bond acceptors (Lipinski definition) is 4. The van der Waals surface area contributed by atoms with E-state index in [1.165, 1.54) is 12.1 Å². The summed E-state index contributed by atoms with van der Waals surface area (Å²) in [4.78, 5) is 23.2. The quantitative estimate of drug-likeness (QED) is 0.500. The van der Waals surface area contributed by atoms with Gasteiger partial charge in [0.1, 0.15) is 11.5 Å². The Kier molecular flexibility index (Phi) is 2.19. The van der Waals surface area contributed by atoms with Crippen molar-refractivity contribution in [2.24, 2.45) is 0 Å². The minimum Gasteiger partial charge on any atom is -0.507 e. The molecule has 1 aliphatic rings. The van der Waals surface area contributed by atoms with Gasteiger partial charge in [-0.05, 0) is 18.6 Å². The van der Waals surface area contributed by atoms with Gasteiger partial charge in [0.2, 0.25) is 0 Å². The number of aromatic hydroxyl groups is 2. The number of carbonyl (C=O) groups is 2. The predicted octanol–water partition coefficient (Wildman–Crippen LogP) is 1.65. The Morgan fingerprint density at radius 2 is 1.27 bits per heavy atom. The third-order valence-electron chi connectivity index (χ3n) is 2.53. The second kappa shape index (κ2) is 3.38. The van der Waals surface area contributed by atoms with E-state index in [-0.39, 0.29) is 47.0 Å². The van der Waals surface area contributed by atoms with Crippen LogP contribution in [0.25, 0.3) is 0 Å². The van der Waals surface area contributed by atoms with Crippen LogP contribution in [0.4, 0.5) is 0 Å². The molecule has 0 amide bonds. The first-order valence-electron chi connectivity index (χ1n) is 4.72. The third kappa shape index (κ3) is 1.48. The van der Waals surface area contributed by atoms with E-state index in [2.05, 4.69) is 0 Å². The molecule has 0 saturated carbocycles. The van der Waals surface area contributed by atoms with Gasteiger partial charge in [0, 0.05) is 12.8 Å². The van der Waals surface area contributed by atoms with Gasteiger partial charge in [0.15, 0.2) is 11.6 Å². The van der Waals surface area contributed by atoms with Crippen molar-refractivity contribution in [1.82, 2.24) is 0 Å². The predicted molar refractivity (Wildman–Crippen MR) is 52.3 cm³/mol. The molecule has 0 aromatic heterocycles. The molecule has 0 bridgehead atoms. The van der Waals surface area contributed by atoms with Crippen LogP contribution in [-0.4, -0.2) is 21.8 Å². The minimum atomic E-state index is -0.288. The van der Waals surface area contributed by atoms with E-state index in [0.717, 1.165) is 0 Å². The number of fused-ring (bicyclic) bond motifs is 1. The molecule has 0 atom stereocenters. The van der Waals surface area contributed by atoms with Crippen molar-refractivity contribution in [3.8, 4) is 11.5 Å². The van der Waals surface area contributed by atoms with Crippen LogP contribution in [0, 0.1) is 0 Å². The van der Waals surface area contributed by atoms with Gasteiger partial charge in [0.25, 0.3) is 0 Å². The first kappa shape index (κ1) is 9.71. The molecule has 2 N–H and O–H groups in total. The van der Waals surface area contributed by atoms with Crippen LogP contribution in [0.2, 0.25) is 0 Å². The average molecular weight is 206 g/mol. The van der Waals surface area contributed by atoms with Gasteiger partial charge in [-0.3, -0.25) is 9.59 Å². The van der Waals surface area contributed by atoms with Gasteiger partial charge in [-0.1, -0.05) is 0 Å². The highest BCUT2D eigenvalue weighted by Gasteiger charge is 2.27. The van der Waals surface area contributed by atoms with Crippen LogP contribution < -0.4 is 0 Å². The van der Waals surface area contributed by atoms with E-state index in [1.54, 1.807) is 0 Å². The van der Waals surface area contributed by atoms with Crippen LogP contribution in [0.3, 0.4) is 0 Å². The lowest BCUT2D eigenvalue weighted by Crippen LogP contribution is -2.04. The molecular weight excluding hydrogens is 196 g/mol. The van der Waals surface area contributed by atoms with E-state index < -0.39 is 0 Å². The number of Topliss-reactive ketones (excluding diaryl/α,β-unsaturated/α-hetero) is 2. The number of phenolic OH excluding ortho intramolecular Hbond substituents is 2. The highest BCUT2D eigenvalue weighted by Crippen LogP contribution is 2.33. The largest absolute Gasteiger partial charge is 0.507 e. The number of phenols is 2. The molecule has 0 saturated heterocycles. The van der Waals surface area contributed by atoms with Gasteiger partial charge < -0.3 is 10.2 Å². The Morgan fingerprint density at radius 3 is 1.67 bits per heavy atom. The van der Waals surface area contributed by atoms with Gasteiger partial charge in [-0.15, -0.1) is 0 Å². The molecule has 4 nitrogen and oxygen atoms in total. The summed E-state index contributed by atoms with van der Waals surface area (Å²) in [6, 6.07) is 2.45. The van der Waals surface area contributed by atoms with Crippen molar-refractivity contribution in [3.05, 3.63) is 23.3 Å². The summed E-state index contributed by atoms with van der Waals surface area (Å²) in [6.07, 6.45) is 0.927. The molecular formula is C11H10O4. The van der Waals surface area contributed by atoms with Gasteiger partial charge in [-0.2, -0.15) is 0 Å². The maximum atomic E-state index is 11.6. The molecule has 0 fully saturated rings. The Labute approximate surface area is 86.2 Å². The van der Waals surface area contributed by atoms with Crippen LogP contribution >= 0.6 is 0 Å². The Balaban J connectivity index is 2.74. The maximum absolute atomic E-state index is 11.6. The number of carbonyl (C=O) groups excluding carboxylic acids is 2. The second-order valence-corrected chi connectivity index (χ2v) is 3.55. The van der Waals surface area contributed by atoms with Crippen molar-refractivity contribution in [2.45, 2.75) is 19.3 Å². The molecule has 1 aliphatic carbocycles. The van der Waals surface area contributed by atoms with Gasteiger partial charge >= 0.3 is 0 Å². The zero-order valence-corrected chi connectivity index (χ0v) is 7.99. The third-order valence-corrected chi connectivity index (χ3v) is 2.53. The number of benzene rings is 1. The number of rotatable bonds is 0. The highest BCUT2D eigenvalue weighted by molar-refractivity contribution is 6.13. The van der Waals surface area contributed by atoms with Crippen LogP contribution in [0.5, 0.6) is 11.5 Å². The van der Waals surface area contributed by atoms with Crippen molar-refractivity contribution in [3.63, 3.8) is 0 Å². The fourth-order valence-corrected chi connectivity index (χ4v) is 1.80. The summed E-state index contributed by atoms with van der Waals surface area (Å²) in [6.45, 7) is 0. The first-order valence-corrected chi connectivity index (χ1v) is 4.72. The van der Waals surface area contributed by atoms with Crippen LogP contribution in [0.15, 0.2) is 12.1 Å². The van der Waals surface area contributed by atoms with Gasteiger partial charge in [-0.25, -0.2) is 0 Å². The molecule has 0 radical (unpaired) electrons. The molecule has 4 heteroatoms. The summed E-state index contributed by atoms with van der Waals surface area (Å²) in [5.41, 5.74) is -0.0602. The zero-order valence-electron chi connectivity index (χ0n) is 7.99. The second-order valence-electron chi connectivity index (χ2n) is 3.55. The average Bonchev–Trinajstić information content (AvgIpc) is 2.33. The monoisotopic (exact) mass is 206 g/mol. The van der Waals surface area contributed by atoms with E-state index in [0.29, 0.717) is 6.42 Å². The summed E-state index contributed by atoms with van der Waals surface area (Å²) in [5, 5.41) is 19.0. The van der Waals surface area contributed by atoms with E-state index in [1.807, 2.05) is 0 Å². The lowest BCUT2D eigenvalue weighted by molar-refractivity contribution is 0.0976. The fourth-order valence-electron chi connectivity index (χ4n) is 1.80. The summed E-state index contributed by atoms with van der Waals surface area (Å²) >= 11 is 0. The van der Waals surface area contributed by atoms with Crippen LogP contribution in [0.1, 0.15) is 40.0 Å². The summed E-state index contributed by atoms with van der Waals surface area (Å²) in [7, 11) is 0. The maximum Gasteiger partial charge on any atom is 0.167 e. The molecule has 0 aliphatic heterocycles. The fraction of sp³-hybridized carbons (Fsp3) is 0.273. The lowest BCUT2D eigenvalue weighted by Gasteiger charge is -2.07. The van der Waals surface area contributed by atoms with Crippen molar-refractivity contribution in [2.75, 3.05) is 0 Å². The number of hydrogen-bond donors (Lipinski definition) is 2. The SMILES string of the molecule is O=C1CCCC(=O)c2c(O)ccc(O)c21. The Hall–Kier alpha value is -1.84. The molecule has 1 aromatic carbocycles. The van der Waals surface area contributed by atoms with E-state index in [9.17, 15) is 19.8 Å². The number of ketones is 2. The van der Waals surface area contributed by atoms with E-state index in [4.69, 9.17) is 0 Å². The van der Waals surface area contributed by atoms with Crippen molar-refractivity contribution >= 4 is 11.6 Å². The lowest BCUT2D eigenvalue weighted by atomic mass is 9.99. The standard InChI is InChI=1S/C11H10O4/c12-6-2-1-3-7(13)11-9(15)5-4-8(14)10(6)11/h4-5,14-15H,1-3H2. The van der Waals surface area contributed by atoms with Crippen LogP contribution in [-0.2, 0) is 0 Å². The normalized spacial score (nSPS) is 16.0. The smallest absolute Gasteiger partial charge is 0.167 e. The molecule has 0 spiro atoms. The van der Waals surface area contributed by atoms with Gasteiger partial charge in [0.05, 0.1) is 11.1 Å². The summed E-state index contributed by atoms with van der Waals surface area (Å²) in [5.74, 6) is -1.04. The Bertz CT molecular complexity index is 407. The molecule has 1 aromatic rings. The molecule has 2 rings (SSSR count). The Morgan fingerprint density at radius 1 is 0.867 bits per heavy atom. The highest BCUT2D eigenvalue weighted by atomic mass is 16.3. The molecule has 0 unspecified atom stereocenters. The van der Waals surface area contributed by atoms with E-state index >= 15 is 0 Å². The zero-order chi connectivity index (χ0) is 11.0. The van der Waals surface area contributed by atoms with Crippen molar-refractivity contribution < 1.29 is 19.8 Å². The first-order chi connectivity index (χ1) is 7.11. The molecule has 78 valence electrons. The summed E-state index contributed by atoms with van der Waals surface area (Å²) < 4.78 is 0. The molecule has 15 heavy (non-hydrogen) atoms. The topological polar surface area (TPSA) is 74.6 Å². The molecule has 0 heterocycles. The van der Waals surface area contributed by atoms with Crippen molar-refractivity contribution in [1.29, 1.82) is 0 Å².